The highest BCUT2D eigenvalue weighted by Crippen LogP contribution is 2.27. The fraction of sp³-hybridized carbons (Fsp3) is 0.267. The maximum atomic E-state index is 14.0. The highest BCUT2D eigenvalue weighted by Gasteiger charge is 2.20. The van der Waals surface area contributed by atoms with Crippen LogP contribution in [0.3, 0.4) is 0 Å². The molecule has 2 aromatic rings. The number of aryl methyl sites for hydroxylation is 1. The van der Waals surface area contributed by atoms with Crippen molar-refractivity contribution in [3.8, 4) is 0 Å². The Morgan fingerprint density at radius 2 is 2.00 bits per heavy atom. The van der Waals surface area contributed by atoms with Crippen molar-refractivity contribution in [3.05, 3.63) is 65.0 Å². The molecule has 0 fully saturated rings. The number of hydrogen-bond acceptors (Lipinski definition) is 2. The molecule has 0 saturated carbocycles. The van der Waals surface area contributed by atoms with Crippen molar-refractivity contribution in [2.75, 3.05) is 6.54 Å². The predicted octanol–water partition coefficient (Wildman–Crippen LogP) is 3.37. The zero-order chi connectivity index (χ0) is 13.8. The number of aromatic nitrogens is 1. The number of rotatable bonds is 4. The monoisotopic (exact) mass is 262 g/mol. The third kappa shape index (κ3) is 2.79. The number of halogens is 2. The largest absolute Gasteiger partial charge is 0.306 e. The molecule has 2 rings (SSSR count). The molecule has 0 saturated heterocycles. The highest BCUT2D eigenvalue weighted by molar-refractivity contribution is 5.36. The Kier molecular flexibility index (Phi) is 4.22. The van der Waals surface area contributed by atoms with Gasteiger partial charge in [0.05, 0.1) is 6.04 Å². The molecule has 0 aliphatic heterocycles. The molecule has 1 aromatic carbocycles. The van der Waals surface area contributed by atoms with Gasteiger partial charge in [0.25, 0.3) is 0 Å². The van der Waals surface area contributed by atoms with Crippen molar-refractivity contribution < 1.29 is 8.78 Å². The second-order valence-corrected chi connectivity index (χ2v) is 4.37. The Hall–Kier alpha value is -1.81. The van der Waals surface area contributed by atoms with E-state index in [4.69, 9.17) is 0 Å². The molecule has 1 N–H and O–H groups in total. The maximum absolute atomic E-state index is 14.0. The first-order chi connectivity index (χ1) is 9.15. The summed E-state index contributed by atoms with van der Waals surface area (Å²) < 4.78 is 27.3. The first-order valence-electron chi connectivity index (χ1n) is 6.23. The lowest BCUT2D eigenvalue weighted by atomic mass is 9.96. The van der Waals surface area contributed by atoms with Crippen molar-refractivity contribution in [2.24, 2.45) is 0 Å². The van der Waals surface area contributed by atoms with Gasteiger partial charge in [0, 0.05) is 18.0 Å². The van der Waals surface area contributed by atoms with Gasteiger partial charge in [-0.15, -0.1) is 0 Å². The fourth-order valence-electron chi connectivity index (χ4n) is 2.14. The Morgan fingerprint density at radius 1 is 1.21 bits per heavy atom. The van der Waals surface area contributed by atoms with Crippen molar-refractivity contribution in [2.45, 2.75) is 19.9 Å². The van der Waals surface area contributed by atoms with E-state index in [1.807, 2.05) is 19.9 Å². The van der Waals surface area contributed by atoms with E-state index in [9.17, 15) is 8.78 Å². The summed E-state index contributed by atoms with van der Waals surface area (Å²) in [6, 6.07) is 5.71. The van der Waals surface area contributed by atoms with E-state index in [0.717, 1.165) is 17.2 Å². The van der Waals surface area contributed by atoms with Crippen LogP contribution >= 0.6 is 0 Å². The Balaban J connectivity index is 2.52. The van der Waals surface area contributed by atoms with Crippen molar-refractivity contribution in [1.82, 2.24) is 10.3 Å². The third-order valence-electron chi connectivity index (χ3n) is 3.08. The van der Waals surface area contributed by atoms with Crippen LogP contribution in [-0.2, 0) is 0 Å². The van der Waals surface area contributed by atoms with Gasteiger partial charge in [-0.05, 0) is 36.7 Å². The number of nitrogens with one attached hydrogen (secondary N) is 1. The normalized spacial score (nSPS) is 12.4. The molecule has 4 heteroatoms. The van der Waals surface area contributed by atoms with Crippen LogP contribution in [0.5, 0.6) is 0 Å². The molecular weight excluding hydrogens is 246 g/mol. The van der Waals surface area contributed by atoms with E-state index >= 15 is 0 Å². The number of benzene rings is 1. The van der Waals surface area contributed by atoms with Gasteiger partial charge < -0.3 is 5.32 Å². The average molecular weight is 262 g/mol. The summed E-state index contributed by atoms with van der Waals surface area (Å²) in [5.41, 5.74) is 2.16. The molecule has 0 aliphatic carbocycles. The van der Waals surface area contributed by atoms with E-state index in [-0.39, 0.29) is 6.04 Å². The summed E-state index contributed by atoms with van der Waals surface area (Å²) >= 11 is 0. The molecule has 19 heavy (non-hydrogen) atoms. The Morgan fingerprint density at radius 3 is 2.68 bits per heavy atom. The minimum Gasteiger partial charge on any atom is -0.306 e. The SMILES string of the molecule is CCNC(c1ccncc1C)c1cccc(F)c1F. The summed E-state index contributed by atoms with van der Waals surface area (Å²) in [4.78, 5) is 4.03. The summed E-state index contributed by atoms with van der Waals surface area (Å²) in [7, 11) is 0. The summed E-state index contributed by atoms with van der Waals surface area (Å²) in [6.07, 6.45) is 3.38. The predicted molar refractivity (Wildman–Crippen MR) is 70.9 cm³/mol. The quantitative estimate of drug-likeness (QED) is 0.913. The van der Waals surface area contributed by atoms with Gasteiger partial charge >= 0.3 is 0 Å². The van der Waals surface area contributed by atoms with E-state index in [2.05, 4.69) is 10.3 Å². The molecule has 1 aromatic heterocycles. The lowest BCUT2D eigenvalue weighted by Gasteiger charge is -2.21. The maximum Gasteiger partial charge on any atom is 0.163 e. The number of pyridine rings is 1. The fourth-order valence-corrected chi connectivity index (χ4v) is 2.14. The summed E-state index contributed by atoms with van der Waals surface area (Å²) in [5.74, 6) is -1.63. The molecule has 1 atom stereocenters. The van der Waals surface area contributed by atoms with Crippen LogP contribution in [0.2, 0.25) is 0 Å². The van der Waals surface area contributed by atoms with Gasteiger partial charge in [-0.3, -0.25) is 4.98 Å². The molecule has 0 bridgehead atoms. The van der Waals surface area contributed by atoms with Crippen molar-refractivity contribution in [1.29, 1.82) is 0 Å². The topological polar surface area (TPSA) is 24.9 Å². The minimum absolute atomic E-state index is 0.316. The molecule has 1 unspecified atom stereocenters. The van der Waals surface area contributed by atoms with Crippen LogP contribution in [0.1, 0.15) is 29.7 Å². The lowest BCUT2D eigenvalue weighted by molar-refractivity contribution is 0.482. The molecule has 1 heterocycles. The zero-order valence-electron chi connectivity index (χ0n) is 11.0. The standard InChI is InChI=1S/C15H16F2N2/c1-3-19-15(11-7-8-18-9-10(11)2)12-5-4-6-13(16)14(12)17/h4-9,15,19H,3H2,1-2H3. The highest BCUT2D eigenvalue weighted by atomic mass is 19.2. The molecule has 100 valence electrons. The number of nitrogens with zero attached hydrogens (tertiary/aromatic N) is 1. The van der Waals surface area contributed by atoms with Gasteiger partial charge in [-0.25, -0.2) is 8.78 Å². The third-order valence-corrected chi connectivity index (χ3v) is 3.08. The second-order valence-electron chi connectivity index (χ2n) is 4.37. The van der Waals surface area contributed by atoms with E-state index in [1.165, 1.54) is 6.07 Å². The average Bonchev–Trinajstić information content (AvgIpc) is 2.41. The molecule has 0 radical (unpaired) electrons. The van der Waals surface area contributed by atoms with Gasteiger partial charge in [-0.1, -0.05) is 19.1 Å². The van der Waals surface area contributed by atoms with Gasteiger partial charge in [0.15, 0.2) is 11.6 Å². The molecule has 0 aliphatic rings. The molecule has 2 nitrogen and oxygen atoms in total. The van der Waals surface area contributed by atoms with Crippen molar-refractivity contribution >= 4 is 0 Å². The van der Waals surface area contributed by atoms with Crippen LogP contribution in [0.15, 0.2) is 36.7 Å². The van der Waals surface area contributed by atoms with Gasteiger partial charge in [0.1, 0.15) is 0 Å². The van der Waals surface area contributed by atoms with E-state index in [0.29, 0.717) is 12.1 Å². The van der Waals surface area contributed by atoms with E-state index in [1.54, 1.807) is 18.5 Å². The Bertz CT molecular complexity index is 570. The molecule has 0 spiro atoms. The Labute approximate surface area is 111 Å². The van der Waals surface area contributed by atoms with E-state index < -0.39 is 11.6 Å². The molecular formula is C15H16F2N2. The minimum atomic E-state index is -0.827. The second kappa shape index (κ2) is 5.89. The van der Waals surface area contributed by atoms with Crippen molar-refractivity contribution in [3.63, 3.8) is 0 Å². The van der Waals surface area contributed by atoms with Crippen LogP contribution in [-0.4, -0.2) is 11.5 Å². The van der Waals surface area contributed by atoms with Crippen LogP contribution in [0, 0.1) is 18.6 Å². The number of hydrogen-bond donors (Lipinski definition) is 1. The smallest absolute Gasteiger partial charge is 0.163 e. The van der Waals surface area contributed by atoms with Crippen LogP contribution in [0.25, 0.3) is 0 Å². The lowest BCUT2D eigenvalue weighted by Crippen LogP contribution is -2.24. The first-order valence-corrected chi connectivity index (χ1v) is 6.23. The zero-order valence-corrected chi connectivity index (χ0v) is 11.0. The van der Waals surface area contributed by atoms with Gasteiger partial charge in [0.2, 0.25) is 0 Å². The molecule has 0 amide bonds. The summed E-state index contributed by atoms with van der Waals surface area (Å²) in [5, 5.41) is 3.19. The van der Waals surface area contributed by atoms with Crippen LogP contribution < -0.4 is 5.32 Å². The first kappa shape index (κ1) is 13.6. The summed E-state index contributed by atoms with van der Waals surface area (Å²) in [6.45, 7) is 4.49. The van der Waals surface area contributed by atoms with Crippen LogP contribution in [0.4, 0.5) is 8.78 Å². The van der Waals surface area contributed by atoms with Gasteiger partial charge in [-0.2, -0.15) is 0 Å².